The molecule has 0 aliphatic heterocycles. The lowest BCUT2D eigenvalue weighted by Gasteiger charge is -1.99. The van der Waals surface area contributed by atoms with Gasteiger partial charge in [0, 0.05) is 4.91 Å². The Morgan fingerprint density at radius 1 is 1.90 bits per heavy atom. The van der Waals surface area contributed by atoms with Crippen LogP contribution < -0.4 is 5.32 Å². The van der Waals surface area contributed by atoms with Crippen molar-refractivity contribution in [2.75, 3.05) is 13.3 Å². The molecular weight excluding hydrogens is 136 g/mol. The highest BCUT2D eigenvalue weighted by atomic mass is 16.5. The summed E-state index contributed by atoms with van der Waals surface area (Å²) >= 11 is 0. The molecule has 0 bridgehead atoms. The molecule has 0 rings (SSSR count). The normalized spacial score (nSPS) is 7.70. The second kappa shape index (κ2) is 5.71. The summed E-state index contributed by atoms with van der Waals surface area (Å²) in [5.41, 5.74) is 7.78. The van der Waals surface area contributed by atoms with Crippen LogP contribution in [0.25, 0.3) is 10.4 Å². The van der Waals surface area contributed by atoms with Crippen molar-refractivity contribution in [1.29, 1.82) is 0 Å². The molecule has 56 valence electrons. The molecule has 10 heavy (non-hydrogen) atoms. The maximum Gasteiger partial charge on any atom is 0.407 e. The molecule has 0 aliphatic carbocycles. The van der Waals surface area contributed by atoms with E-state index in [1.807, 2.05) is 0 Å². The number of alkyl carbamates (subject to hydrolysis) is 1. The summed E-state index contributed by atoms with van der Waals surface area (Å²) in [5, 5.41) is 5.27. The molecule has 0 heterocycles. The molecule has 0 aromatic carbocycles. The van der Waals surface area contributed by atoms with E-state index in [1.165, 1.54) is 0 Å². The van der Waals surface area contributed by atoms with Crippen LogP contribution in [-0.4, -0.2) is 19.4 Å². The Kier molecular flexibility index (Phi) is 4.90. The summed E-state index contributed by atoms with van der Waals surface area (Å²) in [6.45, 7) is 1.92. The van der Waals surface area contributed by atoms with Crippen molar-refractivity contribution in [2.45, 2.75) is 6.92 Å². The SMILES string of the molecule is CCOC(=O)NCN=[N+]=[N-]. The van der Waals surface area contributed by atoms with E-state index in [0.29, 0.717) is 6.61 Å². The maximum atomic E-state index is 10.4. The molecule has 0 aliphatic rings. The number of nitrogens with zero attached hydrogens (tertiary/aromatic N) is 3. The lowest BCUT2D eigenvalue weighted by Crippen LogP contribution is -2.23. The highest BCUT2D eigenvalue weighted by molar-refractivity contribution is 5.66. The Morgan fingerprint density at radius 3 is 3.10 bits per heavy atom. The fourth-order valence-electron chi connectivity index (χ4n) is 0.314. The number of carbonyl (C=O) groups is 1. The molecule has 0 unspecified atom stereocenters. The summed E-state index contributed by atoms with van der Waals surface area (Å²) in [4.78, 5) is 12.8. The molecule has 1 amide bonds. The fraction of sp³-hybridized carbons (Fsp3) is 0.750. The van der Waals surface area contributed by atoms with E-state index < -0.39 is 6.09 Å². The van der Waals surface area contributed by atoms with Gasteiger partial charge in [-0.15, -0.1) is 0 Å². The van der Waals surface area contributed by atoms with Gasteiger partial charge in [0.1, 0.15) is 0 Å². The molecule has 0 saturated carbocycles. The van der Waals surface area contributed by atoms with Gasteiger partial charge in [-0.25, -0.2) is 4.79 Å². The highest BCUT2D eigenvalue weighted by Gasteiger charge is 1.94. The van der Waals surface area contributed by atoms with Crippen molar-refractivity contribution in [1.82, 2.24) is 5.32 Å². The van der Waals surface area contributed by atoms with Crippen LogP contribution >= 0.6 is 0 Å². The van der Waals surface area contributed by atoms with Gasteiger partial charge in [0.15, 0.2) is 0 Å². The average Bonchev–Trinajstić information content (AvgIpc) is 1.89. The average molecular weight is 144 g/mol. The Morgan fingerprint density at radius 2 is 2.60 bits per heavy atom. The van der Waals surface area contributed by atoms with Gasteiger partial charge in [0.25, 0.3) is 0 Å². The number of hydrogen-bond donors (Lipinski definition) is 1. The molecule has 6 heteroatoms. The molecule has 0 aromatic heterocycles. The van der Waals surface area contributed by atoms with E-state index in [0.717, 1.165) is 0 Å². The first kappa shape index (κ1) is 8.58. The van der Waals surface area contributed by atoms with Gasteiger partial charge < -0.3 is 10.1 Å². The number of carbonyl (C=O) groups excluding carboxylic acids is 1. The third-order valence-electron chi connectivity index (χ3n) is 0.633. The summed E-state index contributed by atoms with van der Waals surface area (Å²) in [6, 6.07) is 0. The molecule has 0 aromatic rings. The summed E-state index contributed by atoms with van der Waals surface area (Å²) in [5.74, 6) is 0. The van der Waals surface area contributed by atoms with Crippen LogP contribution in [0.2, 0.25) is 0 Å². The van der Waals surface area contributed by atoms with Crippen molar-refractivity contribution >= 4 is 6.09 Å². The van der Waals surface area contributed by atoms with Crippen molar-refractivity contribution in [3.8, 4) is 0 Å². The monoisotopic (exact) mass is 144 g/mol. The smallest absolute Gasteiger partial charge is 0.407 e. The molecule has 0 saturated heterocycles. The second-order valence-electron chi connectivity index (χ2n) is 1.29. The minimum atomic E-state index is -0.574. The zero-order chi connectivity index (χ0) is 7.82. The van der Waals surface area contributed by atoms with Gasteiger partial charge in [-0.2, -0.15) is 0 Å². The van der Waals surface area contributed by atoms with Crippen molar-refractivity contribution in [3.63, 3.8) is 0 Å². The van der Waals surface area contributed by atoms with E-state index in [-0.39, 0.29) is 6.67 Å². The number of hydrogen-bond acceptors (Lipinski definition) is 3. The van der Waals surface area contributed by atoms with Gasteiger partial charge >= 0.3 is 6.09 Å². The predicted octanol–water partition coefficient (Wildman–Crippen LogP) is 1.00. The number of nitrogens with one attached hydrogen (secondary N) is 1. The highest BCUT2D eigenvalue weighted by Crippen LogP contribution is 1.75. The standard InChI is InChI=1S/C4H8N4O2/c1-2-10-4(9)6-3-7-8-5/h2-3H2,1H3,(H,6,9). The van der Waals surface area contributed by atoms with E-state index >= 15 is 0 Å². The van der Waals surface area contributed by atoms with E-state index in [1.54, 1.807) is 6.92 Å². The Labute approximate surface area is 57.8 Å². The lowest BCUT2D eigenvalue weighted by atomic mass is 10.9. The molecule has 0 atom stereocenters. The van der Waals surface area contributed by atoms with E-state index in [4.69, 9.17) is 5.53 Å². The van der Waals surface area contributed by atoms with Crippen LogP contribution in [0, 0.1) is 0 Å². The van der Waals surface area contributed by atoms with Gasteiger partial charge in [0.2, 0.25) is 0 Å². The minimum Gasteiger partial charge on any atom is -0.450 e. The summed E-state index contributed by atoms with van der Waals surface area (Å²) in [7, 11) is 0. The van der Waals surface area contributed by atoms with E-state index in [9.17, 15) is 4.79 Å². The lowest BCUT2D eigenvalue weighted by molar-refractivity contribution is 0.152. The van der Waals surface area contributed by atoms with Gasteiger partial charge in [-0.05, 0) is 12.5 Å². The number of ether oxygens (including phenoxy) is 1. The van der Waals surface area contributed by atoms with Gasteiger partial charge in [0.05, 0.1) is 13.3 Å². The molecule has 0 spiro atoms. The third kappa shape index (κ3) is 4.73. The van der Waals surface area contributed by atoms with Crippen LogP contribution in [0.15, 0.2) is 5.11 Å². The topological polar surface area (TPSA) is 87.1 Å². The largest absolute Gasteiger partial charge is 0.450 e. The minimum absolute atomic E-state index is 0.0741. The first-order valence-electron chi connectivity index (χ1n) is 2.72. The van der Waals surface area contributed by atoms with Gasteiger partial charge in [-0.1, -0.05) is 5.11 Å². The number of rotatable bonds is 3. The number of amides is 1. The fourth-order valence-corrected chi connectivity index (χ4v) is 0.314. The quantitative estimate of drug-likeness (QED) is 0.364. The zero-order valence-corrected chi connectivity index (χ0v) is 5.57. The molecule has 6 nitrogen and oxygen atoms in total. The van der Waals surface area contributed by atoms with Crippen LogP contribution in [0.4, 0.5) is 4.79 Å². The Balaban J connectivity index is 3.30. The number of azide groups is 1. The van der Waals surface area contributed by atoms with Crippen molar-refractivity contribution in [2.24, 2.45) is 5.11 Å². The van der Waals surface area contributed by atoms with Crippen molar-refractivity contribution in [3.05, 3.63) is 10.4 Å². The molecule has 0 radical (unpaired) electrons. The van der Waals surface area contributed by atoms with E-state index in [2.05, 4.69) is 20.1 Å². The Hall–Kier alpha value is -1.42. The van der Waals surface area contributed by atoms with Crippen LogP contribution in [0.1, 0.15) is 6.92 Å². The maximum absolute atomic E-state index is 10.4. The van der Waals surface area contributed by atoms with Gasteiger partial charge in [-0.3, -0.25) is 0 Å². The van der Waals surface area contributed by atoms with Crippen molar-refractivity contribution < 1.29 is 9.53 Å². The summed E-state index contributed by atoms with van der Waals surface area (Å²) < 4.78 is 4.46. The first-order valence-corrected chi connectivity index (χ1v) is 2.72. The second-order valence-corrected chi connectivity index (χ2v) is 1.29. The first-order chi connectivity index (χ1) is 4.81. The van der Waals surface area contributed by atoms with Crippen LogP contribution in [0.3, 0.4) is 0 Å². The predicted molar refractivity (Wildman–Crippen MR) is 34.2 cm³/mol. The molecule has 0 fully saturated rings. The van der Waals surface area contributed by atoms with Crippen LogP contribution in [-0.2, 0) is 4.74 Å². The zero-order valence-electron chi connectivity index (χ0n) is 5.57. The van der Waals surface area contributed by atoms with Crippen LogP contribution in [0.5, 0.6) is 0 Å². The third-order valence-corrected chi connectivity index (χ3v) is 0.633. The molecule has 1 N–H and O–H groups in total. The summed E-state index contributed by atoms with van der Waals surface area (Å²) in [6.07, 6.45) is -0.574. The Bertz CT molecular complexity index is 151. The molecular formula is C4H8N4O2.